The van der Waals surface area contributed by atoms with Gasteiger partial charge in [0.05, 0.1) is 0 Å². The first-order valence-electron chi connectivity index (χ1n) is 9.42. The van der Waals surface area contributed by atoms with Gasteiger partial charge < -0.3 is 16.4 Å². The standard InChI is InChI=1S/C18H31N7O2S/c1-12(2)14-11-13(3)23-17(24-14)25-18(27)22-9-5-4-8-21-15(26)7-6-10-28-16(19)20/h11-12H,4-10H2,1-3H3,(H3,19,20)(H,21,26)(H2,22,23,24,25,27). The Hall–Kier alpha value is -2.36. The Bertz CT molecular complexity index is 667. The Morgan fingerprint density at radius 3 is 2.50 bits per heavy atom. The van der Waals surface area contributed by atoms with E-state index < -0.39 is 0 Å². The number of anilines is 1. The van der Waals surface area contributed by atoms with Gasteiger partial charge in [0.15, 0.2) is 5.17 Å². The zero-order valence-electron chi connectivity index (χ0n) is 16.8. The number of aromatic nitrogens is 2. The number of nitrogens with two attached hydrogens (primary N) is 1. The number of unbranched alkanes of at least 4 members (excludes halogenated alkanes) is 1. The minimum absolute atomic E-state index is 0.00703. The minimum atomic E-state index is -0.340. The number of carbonyl (C=O) groups excluding carboxylic acids is 2. The summed E-state index contributed by atoms with van der Waals surface area (Å²) in [5.41, 5.74) is 6.93. The monoisotopic (exact) mass is 409 g/mol. The van der Waals surface area contributed by atoms with Gasteiger partial charge in [-0.25, -0.2) is 14.8 Å². The van der Waals surface area contributed by atoms with Crippen LogP contribution in [0.5, 0.6) is 0 Å². The second-order valence-electron chi connectivity index (χ2n) is 6.67. The van der Waals surface area contributed by atoms with Crippen LogP contribution in [-0.4, -0.2) is 45.9 Å². The van der Waals surface area contributed by atoms with Crippen molar-refractivity contribution in [2.45, 2.75) is 52.4 Å². The average Bonchev–Trinajstić information content (AvgIpc) is 2.61. The third kappa shape index (κ3) is 10.7. The number of carbonyl (C=O) groups is 2. The normalized spacial score (nSPS) is 10.6. The molecule has 0 saturated heterocycles. The van der Waals surface area contributed by atoms with Gasteiger partial charge in [-0.2, -0.15) is 0 Å². The molecule has 156 valence electrons. The summed E-state index contributed by atoms with van der Waals surface area (Å²) in [6.07, 6.45) is 2.64. The zero-order chi connectivity index (χ0) is 20.9. The Kier molecular flexibility index (Phi) is 10.9. The number of rotatable bonds is 11. The molecule has 1 aromatic rings. The number of hydrogen-bond donors (Lipinski definition) is 5. The van der Waals surface area contributed by atoms with Gasteiger partial charge in [0, 0.05) is 36.7 Å². The number of nitrogens with one attached hydrogen (secondary N) is 4. The molecule has 0 aliphatic heterocycles. The van der Waals surface area contributed by atoms with Crippen molar-refractivity contribution in [2.75, 3.05) is 24.2 Å². The van der Waals surface area contributed by atoms with Gasteiger partial charge in [-0.3, -0.25) is 15.5 Å². The van der Waals surface area contributed by atoms with Gasteiger partial charge in [0.1, 0.15) is 0 Å². The molecule has 6 N–H and O–H groups in total. The van der Waals surface area contributed by atoms with Gasteiger partial charge in [0.2, 0.25) is 11.9 Å². The first-order valence-corrected chi connectivity index (χ1v) is 10.4. The van der Waals surface area contributed by atoms with Gasteiger partial charge in [-0.1, -0.05) is 25.6 Å². The van der Waals surface area contributed by atoms with E-state index in [1.165, 1.54) is 11.8 Å². The van der Waals surface area contributed by atoms with E-state index in [0.717, 1.165) is 24.2 Å². The molecule has 0 bridgehead atoms. The molecule has 1 heterocycles. The summed E-state index contributed by atoms with van der Waals surface area (Å²) >= 11 is 1.24. The Morgan fingerprint density at radius 1 is 1.18 bits per heavy atom. The average molecular weight is 410 g/mol. The fourth-order valence-corrected chi connectivity index (χ4v) is 2.78. The van der Waals surface area contributed by atoms with Gasteiger partial charge in [0.25, 0.3) is 0 Å². The minimum Gasteiger partial charge on any atom is -0.379 e. The van der Waals surface area contributed by atoms with Crippen LogP contribution < -0.4 is 21.7 Å². The van der Waals surface area contributed by atoms with E-state index >= 15 is 0 Å². The summed E-state index contributed by atoms with van der Waals surface area (Å²) in [6.45, 7) is 7.01. The number of hydrogen-bond acceptors (Lipinski definition) is 6. The van der Waals surface area contributed by atoms with Crippen molar-refractivity contribution in [1.82, 2.24) is 20.6 Å². The number of thioether (sulfide) groups is 1. The van der Waals surface area contributed by atoms with E-state index in [0.29, 0.717) is 37.6 Å². The molecule has 1 rings (SSSR count). The molecule has 0 atom stereocenters. The molecule has 0 aliphatic carbocycles. The van der Waals surface area contributed by atoms with E-state index in [1.54, 1.807) is 0 Å². The smallest absolute Gasteiger partial charge is 0.321 e. The largest absolute Gasteiger partial charge is 0.379 e. The fraction of sp³-hybridized carbons (Fsp3) is 0.611. The summed E-state index contributed by atoms with van der Waals surface area (Å²) in [6, 6.07) is 1.57. The predicted octanol–water partition coefficient (Wildman–Crippen LogP) is 2.33. The Morgan fingerprint density at radius 2 is 1.86 bits per heavy atom. The lowest BCUT2D eigenvalue weighted by Gasteiger charge is -2.10. The van der Waals surface area contributed by atoms with Crippen molar-refractivity contribution >= 4 is 34.8 Å². The molecular weight excluding hydrogens is 378 g/mol. The highest BCUT2D eigenvalue weighted by atomic mass is 32.2. The van der Waals surface area contributed by atoms with E-state index in [-0.39, 0.29) is 23.0 Å². The molecule has 3 amide bonds. The van der Waals surface area contributed by atoms with Crippen LogP contribution in [0, 0.1) is 12.3 Å². The number of aryl methyl sites for hydroxylation is 1. The number of nitrogens with zero attached hydrogens (tertiary/aromatic N) is 2. The second-order valence-corrected chi connectivity index (χ2v) is 7.80. The molecule has 0 aliphatic rings. The molecule has 10 heteroatoms. The van der Waals surface area contributed by atoms with Crippen molar-refractivity contribution in [3.63, 3.8) is 0 Å². The van der Waals surface area contributed by atoms with Gasteiger partial charge in [-0.15, -0.1) is 0 Å². The predicted molar refractivity (Wildman–Crippen MR) is 114 cm³/mol. The highest BCUT2D eigenvalue weighted by Gasteiger charge is 2.08. The topological polar surface area (TPSA) is 146 Å². The van der Waals surface area contributed by atoms with Crippen LogP contribution in [-0.2, 0) is 4.79 Å². The Labute approximate surface area is 170 Å². The molecule has 9 nitrogen and oxygen atoms in total. The summed E-state index contributed by atoms with van der Waals surface area (Å²) in [5.74, 6) is 1.22. The van der Waals surface area contributed by atoms with E-state index in [1.807, 2.05) is 26.8 Å². The van der Waals surface area contributed by atoms with Crippen LogP contribution in [0.2, 0.25) is 0 Å². The number of amidine groups is 1. The van der Waals surface area contributed by atoms with E-state index in [2.05, 4.69) is 25.9 Å². The highest BCUT2D eigenvalue weighted by molar-refractivity contribution is 8.13. The molecule has 0 spiro atoms. The van der Waals surface area contributed by atoms with Gasteiger partial charge >= 0.3 is 6.03 Å². The summed E-state index contributed by atoms with van der Waals surface area (Å²) in [4.78, 5) is 32.1. The number of amides is 3. The van der Waals surface area contributed by atoms with Crippen LogP contribution in [0.25, 0.3) is 0 Å². The van der Waals surface area contributed by atoms with E-state index in [4.69, 9.17) is 11.1 Å². The maximum absolute atomic E-state index is 11.9. The SMILES string of the molecule is Cc1cc(C(C)C)nc(NC(=O)NCCCCNC(=O)CCCSC(=N)N)n1. The van der Waals surface area contributed by atoms with Crippen LogP contribution >= 0.6 is 11.8 Å². The Balaban J connectivity index is 2.14. The van der Waals surface area contributed by atoms with Crippen molar-refractivity contribution in [3.8, 4) is 0 Å². The lowest BCUT2D eigenvalue weighted by Crippen LogP contribution is -2.31. The maximum Gasteiger partial charge on any atom is 0.321 e. The van der Waals surface area contributed by atoms with Gasteiger partial charge in [-0.05, 0) is 38.2 Å². The molecule has 0 saturated carbocycles. The fourth-order valence-electron chi connectivity index (χ4n) is 2.27. The molecule has 0 radical (unpaired) electrons. The first-order chi connectivity index (χ1) is 13.3. The lowest BCUT2D eigenvalue weighted by molar-refractivity contribution is -0.121. The summed E-state index contributed by atoms with van der Waals surface area (Å²) in [5, 5.41) is 15.4. The number of urea groups is 1. The maximum atomic E-state index is 11.9. The summed E-state index contributed by atoms with van der Waals surface area (Å²) in [7, 11) is 0. The van der Waals surface area contributed by atoms with Crippen molar-refractivity contribution in [2.24, 2.45) is 5.73 Å². The molecule has 0 unspecified atom stereocenters. The lowest BCUT2D eigenvalue weighted by atomic mass is 10.1. The van der Waals surface area contributed by atoms with Crippen molar-refractivity contribution in [1.29, 1.82) is 5.41 Å². The summed E-state index contributed by atoms with van der Waals surface area (Å²) < 4.78 is 0. The van der Waals surface area contributed by atoms with Crippen molar-refractivity contribution < 1.29 is 9.59 Å². The molecule has 1 aromatic heterocycles. The molecular formula is C18H31N7O2S. The second kappa shape index (κ2) is 12.9. The zero-order valence-corrected chi connectivity index (χ0v) is 17.6. The highest BCUT2D eigenvalue weighted by Crippen LogP contribution is 2.14. The molecule has 28 heavy (non-hydrogen) atoms. The van der Waals surface area contributed by atoms with Crippen molar-refractivity contribution in [3.05, 3.63) is 17.5 Å². The molecule has 0 aromatic carbocycles. The third-order valence-corrected chi connectivity index (χ3v) is 4.51. The van der Waals surface area contributed by atoms with Crippen LogP contribution in [0.15, 0.2) is 6.07 Å². The van der Waals surface area contributed by atoms with Crippen LogP contribution in [0.3, 0.4) is 0 Å². The van der Waals surface area contributed by atoms with Crippen LogP contribution in [0.4, 0.5) is 10.7 Å². The first kappa shape index (κ1) is 23.7. The van der Waals surface area contributed by atoms with E-state index in [9.17, 15) is 9.59 Å². The van der Waals surface area contributed by atoms with Crippen LogP contribution in [0.1, 0.15) is 56.8 Å². The third-order valence-electron chi connectivity index (χ3n) is 3.71. The molecule has 0 fully saturated rings. The quantitative estimate of drug-likeness (QED) is 0.215.